The predicted molar refractivity (Wildman–Crippen MR) is 108 cm³/mol. The van der Waals surface area contributed by atoms with Gasteiger partial charge in [-0.15, -0.1) is 0 Å². The van der Waals surface area contributed by atoms with E-state index in [1.165, 1.54) is 13.2 Å². The van der Waals surface area contributed by atoms with Crippen LogP contribution >= 0.6 is 0 Å². The van der Waals surface area contributed by atoms with Crippen molar-refractivity contribution in [1.29, 1.82) is 0 Å². The Morgan fingerprint density at radius 1 is 0.724 bits per heavy atom. The van der Waals surface area contributed by atoms with Gasteiger partial charge in [0, 0.05) is 5.56 Å². The van der Waals surface area contributed by atoms with E-state index in [1.54, 1.807) is 18.2 Å². The Balaban J connectivity index is 1.75. The molecule has 2 N–H and O–H groups in total. The molecule has 6 heteroatoms. The first kappa shape index (κ1) is 19.8. The molecule has 0 saturated heterocycles. The number of amides is 2. The highest BCUT2D eigenvalue weighted by Gasteiger charge is 2.23. The molecule has 3 aromatic carbocycles. The minimum atomic E-state index is -0.584. The molecule has 146 valence electrons. The van der Waals surface area contributed by atoms with E-state index >= 15 is 0 Å². The number of rotatable bonds is 5. The smallest absolute Gasteiger partial charge is 0.337 e. The molecular formula is C23H20N2O4. The molecule has 0 heterocycles. The van der Waals surface area contributed by atoms with Crippen LogP contribution in [-0.4, -0.2) is 24.9 Å². The van der Waals surface area contributed by atoms with Crippen molar-refractivity contribution in [3.63, 3.8) is 0 Å². The highest BCUT2D eigenvalue weighted by Crippen LogP contribution is 2.24. The molecule has 6 nitrogen and oxygen atoms in total. The van der Waals surface area contributed by atoms with Crippen molar-refractivity contribution in [2.24, 2.45) is 0 Å². The van der Waals surface area contributed by atoms with Crippen molar-refractivity contribution in [3.05, 3.63) is 107 Å². The SMILES string of the molecule is COC(=O)c1cccc(C(=O)NNC(=O)C(c2ccccc2)c2ccccc2)c1. The molecule has 3 rings (SSSR count). The molecule has 0 unspecified atom stereocenters. The first-order valence-corrected chi connectivity index (χ1v) is 8.98. The molecule has 2 amide bonds. The van der Waals surface area contributed by atoms with Gasteiger partial charge in [0.1, 0.15) is 0 Å². The molecule has 3 aromatic rings. The number of esters is 1. The van der Waals surface area contributed by atoms with E-state index in [0.717, 1.165) is 11.1 Å². The Hall–Kier alpha value is -3.93. The number of ether oxygens (including phenoxy) is 1. The highest BCUT2D eigenvalue weighted by atomic mass is 16.5. The minimum absolute atomic E-state index is 0.226. The van der Waals surface area contributed by atoms with Gasteiger partial charge in [0.15, 0.2) is 0 Å². The van der Waals surface area contributed by atoms with Gasteiger partial charge in [-0.25, -0.2) is 4.79 Å². The molecule has 0 saturated carbocycles. The topological polar surface area (TPSA) is 84.5 Å². The largest absolute Gasteiger partial charge is 0.465 e. The molecule has 0 atom stereocenters. The Morgan fingerprint density at radius 3 is 1.83 bits per heavy atom. The summed E-state index contributed by atoms with van der Waals surface area (Å²) < 4.78 is 4.66. The lowest BCUT2D eigenvalue weighted by atomic mass is 9.91. The number of methoxy groups -OCH3 is 1. The van der Waals surface area contributed by atoms with Crippen molar-refractivity contribution in [3.8, 4) is 0 Å². The van der Waals surface area contributed by atoms with Gasteiger partial charge in [0.25, 0.3) is 5.91 Å². The van der Waals surface area contributed by atoms with Crippen LogP contribution in [0.25, 0.3) is 0 Å². The molecule has 0 aliphatic rings. The second-order valence-electron chi connectivity index (χ2n) is 6.27. The normalized spacial score (nSPS) is 10.3. The summed E-state index contributed by atoms with van der Waals surface area (Å²) in [7, 11) is 1.27. The summed E-state index contributed by atoms with van der Waals surface area (Å²) in [5, 5.41) is 0. The first-order valence-electron chi connectivity index (χ1n) is 8.98. The standard InChI is InChI=1S/C23H20N2O4/c1-29-23(28)19-14-8-13-18(15-19)21(26)24-25-22(27)20(16-9-4-2-5-10-16)17-11-6-3-7-12-17/h2-15,20H,1H3,(H,24,26)(H,25,27). The monoisotopic (exact) mass is 388 g/mol. The van der Waals surface area contributed by atoms with Crippen LogP contribution < -0.4 is 10.9 Å². The minimum Gasteiger partial charge on any atom is -0.465 e. The van der Waals surface area contributed by atoms with E-state index in [1.807, 2.05) is 60.7 Å². The van der Waals surface area contributed by atoms with E-state index < -0.39 is 17.8 Å². The van der Waals surface area contributed by atoms with E-state index in [0.29, 0.717) is 0 Å². The van der Waals surface area contributed by atoms with Crippen LogP contribution in [0.4, 0.5) is 0 Å². The molecule has 29 heavy (non-hydrogen) atoms. The number of benzene rings is 3. The maximum absolute atomic E-state index is 12.9. The second kappa shape index (κ2) is 9.32. The molecule has 0 bridgehead atoms. The van der Waals surface area contributed by atoms with Crippen LogP contribution in [0.2, 0.25) is 0 Å². The van der Waals surface area contributed by atoms with Gasteiger partial charge >= 0.3 is 5.97 Å². The van der Waals surface area contributed by atoms with Crippen molar-refractivity contribution in [2.75, 3.05) is 7.11 Å². The number of hydrogen-bond acceptors (Lipinski definition) is 4. The zero-order valence-electron chi connectivity index (χ0n) is 15.8. The lowest BCUT2D eigenvalue weighted by Crippen LogP contribution is -2.44. The van der Waals surface area contributed by atoms with Crippen molar-refractivity contribution in [1.82, 2.24) is 10.9 Å². The first-order chi connectivity index (χ1) is 14.1. The van der Waals surface area contributed by atoms with Crippen LogP contribution in [0, 0.1) is 0 Å². The number of nitrogens with one attached hydrogen (secondary N) is 2. The van der Waals surface area contributed by atoms with Crippen LogP contribution in [0.5, 0.6) is 0 Å². The fourth-order valence-electron chi connectivity index (χ4n) is 2.95. The van der Waals surface area contributed by atoms with Gasteiger partial charge in [-0.05, 0) is 29.3 Å². The van der Waals surface area contributed by atoms with Gasteiger partial charge in [-0.2, -0.15) is 0 Å². The van der Waals surface area contributed by atoms with Crippen molar-refractivity contribution < 1.29 is 19.1 Å². The second-order valence-corrected chi connectivity index (χ2v) is 6.27. The summed E-state index contributed by atoms with van der Waals surface area (Å²) in [5.74, 6) is -2.04. The van der Waals surface area contributed by atoms with E-state index in [2.05, 4.69) is 15.6 Å². The molecule has 0 aliphatic carbocycles. The fraction of sp³-hybridized carbons (Fsp3) is 0.0870. The van der Waals surface area contributed by atoms with Gasteiger partial charge in [0.2, 0.25) is 5.91 Å². The third-order valence-corrected chi connectivity index (χ3v) is 4.37. The fourth-order valence-corrected chi connectivity index (χ4v) is 2.95. The molecule has 0 spiro atoms. The Labute approximate surface area is 168 Å². The zero-order chi connectivity index (χ0) is 20.6. The number of carbonyl (C=O) groups excluding carboxylic acids is 3. The lowest BCUT2D eigenvalue weighted by molar-refractivity contribution is -0.122. The van der Waals surface area contributed by atoms with Gasteiger partial charge in [-0.3, -0.25) is 20.4 Å². The molecular weight excluding hydrogens is 368 g/mol. The lowest BCUT2D eigenvalue weighted by Gasteiger charge is -2.18. The van der Waals surface area contributed by atoms with Gasteiger partial charge in [0.05, 0.1) is 18.6 Å². The molecule has 0 radical (unpaired) electrons. The number of hydrogen-bond donors (Lipinski definition) is 2. The molecule has 0 fully saturated rings. The van der Waals surface area contributed by atoms with Gasteiger partial charge < -0.3 is 4.74 Å². The summed E-state index contributed by atoms with van der Waals surface area (Å²) in [5.41, 5.74) is 6.98. The van der Waals surface area contributed by atoms with Crippen LogP contribution in [0.3, 0.4) is 0 Å². The summed E-state index contributed by atoms with van der Waals surface area (Å²) >= 11 is 0. The van der Waals surface area contributed by atoms with Crippen molar-refractivity contribution >= 4 is 17.8 Å². The average molecular weight is 388 g/mol. The van der Waals surface area contributed by atoms with Gasteiger partial charge in [-0.1, -0.05) is 66.7 Å². The summed E-state index contributed by atoms with van der Waals surface area (Å²) in [6.45, 7) is 0. The Kier molecular flexibility index (Phi) is 6.37. The van der Waals surface area contributed by atoms with Crippen molar-refractivity contribution in [2.45, 2.75) is 5.92 Å². The predicted octanol–water partition coefficient (Wildman–Crippen LogP) is 3.07. The third-order valence-electron chi connectivity index (χ3n) is 4.37. The summed E-state index contributed by atoms with van der Waals surface area (Å²) in [6, 6.07) is 24.7. The molecule has 0 aliphatic heterocycles. The quantitative estimate of drug-likeness (QED) is 0.520. The number of hydrazine groups is 1. The highest BCUT2D eigenvalue weighted by molar-refractivity contribution is 5.99. The average Bonchev–Trinajstić information content (AvgIpc) is 2.78. The van der Waals surface area contributed by atoms with E-state index in [4.69, 9.17) is 0 Å². The van der Waals surface area contributed by atoms with Crippen LogP contribution in [0.1, 0.15) is 37.8 Å². The van der Waals surface area contributed by atoms with E-state index in [9.17, 15) is 14.4 Å². The van der Waals surface area contributed by atoms with Crippen LogP contribution in [-0.2, 0) is 9.53 Å². The van der Waals surface area contributed by atoms with E-state index in [-0.39, 0.29) is 17.0 Å². The summed E-state index contributed by atoms with van der Waals surface area (Å²) in [4.78, 5) is 37.0. The Morgan fingerprint density at radius 2 is 1.28 bits per heavy atom. The third kappa shape index (κ3) is 4.87. The number of carbonyl (C=O) groups is 3. The zero-order valence-corrected chi connectivity index (χ0v) is 15.8. The van der Waals surface area contributed by atoms with Crippen LogP contribution in [0.15, 0.2) is 84.9 Å². The maximum atomic E-state index is 12.9. The summed E-state index contributed by atoms with van der Waals surface area (Å²) in [6.07, 6.45) is 0. The maximum Gasteiger partial charge on any atom is 0.337 e. The molecule has 0 aromatic heterocycles. The Bertz CT molecular complexity index is 964.